The second-order valence-electron chi connectivity index (χ2n) is 7.06. The monoisotopic (exact) mass is 334 g/mol. The highest BCUT2D eigenvalue weighted by Crippen LogP contribution is 2.31. The average Bonchev–Trinajstić information content (AvgIpc) is 2.98. The van der Waals surface area contributed by atoms with Gasteiger partial charge in [0.15, 0.2) is 0 Å². The minimum Gasteiger partial charge on any atom is -0.341 e. The molecule has 0 aromatic carbocycles. The van der Waals surface area contributed by atoms with Crippen LogP contribution in [-0.4, -0.2) is 47.3 Å². The molecule has 2 atom stereocenters. The van der Waals surface area contributed by atoms with Crippen LogP contribution in [0.5, 0.6) is 0 Å². The zero-order chi connectivity index (χ0) is 16.6. The molecule has 23 heavy (non-hydrogen) atoms. The maximum absolute atomic E-state index is 13.0. The first-order chi connectivity index (χ1) is 11.0. The number of likely N-dealkylation sites (tertiary alicyclic amines) is 2. The third-order valence-electron chi connectivity index (χ3n) is 5.22. The van der Waals surface area contributed by atoms with Crippen LogP contribution in [0, 0.1) is 0 Å². The maximum atomic E-state index is 13.0. The summed E-state index contributed by atoms with van der Waals surface area (Å²) in [4.78, 5) is 30.3. The first-order valence-corrected chi connectivity index (χ1v) is 9.52. The summed E-state index contributed by atoms with van der Waals surface area (Å²) >= 11 is 1.67. The number of hydrogen-bond acceptors (Lipinski definition) is 3. The number of fused-ring (bicyclic) bond motifs is 1. The molecule has 126 valence electrons. The van der Waals surface area contributed by atoms with E-state index in [1.807, 2.05) is 28.3 Å². The van der Waals surface area contributed by atoms with Crippen molar-refractivity contribution in [1.82, 2.24) is 9.80 Å². The first-order valence-electron chi connectivity index (χ1n) is 8.64. The molecule has 0 N–H and O–H groups in total. The minimum absolute atomic E-state index is 0.144. The Balaban J connectivity index is 1.83. The number of likely N-dealkylation sites (N-methyl/N-ethyl adjacent to an activating group) is 1. The predicted octanol–water partition coefficient (Wildman–Crippen LogP) is 3.49. The van der Waals surface area contributed by atoms with Gasteiger partial charge in [-0.05, 0) is 37.7 Å². The van der Waals surface area contributed by atoms with Gasteiger partial charge in [0, 0.05) is 30.3 Å². The lowest BCUT2D eigenvalue weighted by atomic mass is 9.92. The summed E-state index contributed by atoms with van der Waals surface area (Å²) in [5.74, 6) is 0.826. The molecule has 4 nitrogen and oxygen atoms in total. The fraction of sp³-hybridized carbons (Fsp3) is 0.667. The molecule has 0 saturated carbocycles. The molecule has 0 spiro atoms. The van der Waals surface area contributed by atoms with Gasteiger partial charge in [0.25, 0.3) is 5.91 Å². The Morgan fingerprint density at radius 3 is 2.70 bits per heavy atom. The van der Waals surface area contributed by atoms with E-state index in [1.165, 1.54) is 4.88 Å². The van der Waals surface area contributed by atoms with Gasteiger partial charge >= 0.3 is 0 Å². The van der Waals surface area contributed by atoms with Crippen LogP contribution in [0.4, 0.5) is 0 Å². The summed E-state index contributed by atoms with van der Waals surface area (Å²) in [6.45, 7) is 5.13. The average molecular weight is 334 g/mol. The summed E-state index contributed by atoms with van der Waals surface area (Å²) < 4.78 is 0. The Bertz CT molecular complexity index is 596. The van der Waals surface area contributed by atoms with E-state index in [9.17, 15) is 9.59 Å². The van der Waals surface area contributed by atoms with Gasteiger partial charge in [-0.2, -0.15) is 0 Å². The maximum Gasteiger partial charge on any atom is 0.255 e. The van der Waals surface area contributed by atoms with Crippen molar-refractivity contribution in [2.24, 2.45) is 0 Å². The summed E-state index contributed by atoms with van der Waals surface area (Å²) in [5, 5.41) is 1.99. The zero-order valence-electron chi connectivity index (χ0n) is 14.2. The largest absolute Gasteiger partial charge is 0.341 e. The van der Waals surface area contributed by atoms with E-state index >= 15 is 0 Å². The van der Waals surface area contributed by atoms with E-state index < -0.39 is 0 Å². The second-order valence-corrected chi connectivity index (χ2v) is 8.01. The van der Waals surface area contributed by atoms with E-state index in [1.54, 1.807) is 11.3 Å². The SMILES string of the molecule is CC(C)c1cc(C(=O)N2CCC[C@@H]3[C@H]2CCCC(=O)N3C)cs1. The molecule has 3 rings (SSSR count). The van der Waals surface area contributed by atoms with Crippen LogP contribution >= 0.6 is 11.3 Å². The smallest absolute Gasteiger partial charge is 0.255 e. The van der Waals surface area contributed by atoms with E-state index in [4.69, 9.17) is 0 Å². The van der Waals surface area contributed by atoms with Gasteiger partial charge in [-0.25, -0.2) is 0 Å². The van der Waals surface area contributed by atoms with Crippen molar-refractivity contribution in [1.29, 1.82) is 0 Å². The molecule has 2 amide bonds. The van der Waals surface area contributed by atoms with Crippen molar-refractivity contribution < 1.29 is 9.59 Å². The van der Waals surface area contributed by atoms with E-state index in [0.717, 1.165) is 37.8 Å². The molecule has 2 aliphatic rings. The van der Waals surface area contributed by atoms with Crippen LogP contribution in [0.25, 0.3) is 0 Å². The lowest BCUT2D eigenvalue weighted by molar-refractivity contribution is -0.132. The summed E-state index contributed by atoms with van der Waals surface area (Å²) in [6, 6.07) is 2.41. The number of hydrogen-bond donors (Lipinski definition) is 0. The standard InChI is InChI=1S/C18H26N2O2S/c1-12(2)16-10-13(11-23-16)18(22)20-9-5-7-14-15(20)6-4-8-17(21)19(14)3/h10-12,14-15H,4-9H2,1-3H3/t14-,15-/m1/s1. The first kappa shape index (κ1) is 16.5. The van der Waals surface area contributed by atoms with Gasteiger partial charge in [0.2, 0.25) is 5.91 Å². The molecular formula is C18H26N2O2S. The molecule has 2 fully saturated rings. The molecule has 2 aliphatic heterocycles. The number of amides is 2. The van der Waals surface area contributed by atoms with Crippen molar-refractivity contribution >= 4 is 23.2 Å². The Kier molecular flexibility index (Phi) is 4.76. The van der Waals surface area contributed by atoms with Crippen LogP contribution < -0.4 is 0 Å². The highest BCUT2D eigenvalue weighted by atomic mass is 32.1. The fourth-order valence-electron chi connectivity index (χ4n) is 3.85. The minimum atomic E-state index is 0.144. The fourth-order valence-corrected chi connectivity index (χ4v) is 4.75. The molecule has 3 heterocycles. The van der Waals surface area contributed by atoms with E-state index in [0.29, 0.717) is 12.3 Å². The van der Waals surface area contributed by atoms with Crippen LogP contribution in [0.1, 0.15) is 67.1 Å². The summed E-state index contributed by atoms with van der Waals surface area (Å²) in [5.41, 5.74) is 0.817. The normalized spacial score (nSPS) is 25.5. The Morgan fingerprint density at radius 2 is 2.00 bits per heavy atom. The van der Waals surface area contributed by atoms with Crippen LogP contribution in [0.15, 0.2) is 11.4 Å². The Morgan fingerprint density at radius 1 is 1.26 bits per heavy atom. The van der Waals surface area contributed by atoms with E-state index in [-0.39, 0.29) is 23.9 Å². The lowest BCUT2D eigenvalue weighted by Crippen LogP contribution is -2.56. The summed E-state index contributed by atoms with van der Waals surface area (Å²) in [7, 11) is 1.90. The predicted molar refractivity (Wildman–Crippen MR) is 92.9 cm³/mol. The van der Waals surface area contributed by atoms with Crippen molar-refractivity contribution in [3.05, 3.63) is 21.9 Å². The number of carbonyl (C=O) groups excluding carboxylic acids is 2. The molecule has 1 aromatic heterocycles. The Hall–Kier alpha value is -1.36. The molecule has 0 radical (unpaired) electrons. The molecule has 2 saturated heterocycles. The second kappa shape index (κ2) is 6.63. The number of rotatable bonds is 2. The Labute approximate surface area is 142 Å². The molecule has 5 heteroatoms. The van der Waals surface area contributed by atoms with Crippen molar-refractivity contribution in [2.45, 2.75) is 64.0 Å². The van der Waals surface area contributed by atoms with Crippen LogP contribution in [-0.2, 0) is 4.79 Å². The molecular weight excluding hydrogens is 308 g/mol. The van der Waals surface area contributed by atoms with Crippen molar-refractivity contribution in [3.63, 3.8) is 0 Å². The quantitative estimate of drug-likeness (QED) is 0.831. The highest BCUT2D eigenvalue weighted by molar-refractivity contribution is 7.10. The molecule has 0 unspecified atom stereocenters. The highest BCUT2D eigenvalue weighted by Gasteiger charge is 2.39. The lowest BCUT2D eigenvalue weighted by Gasteiger charge is -2.43. The summed E-state index contributed by atoms with van der Waals surface area (Å²) in [6.07, 6.45) is 4.42. The zero-order valence-corrected chi connectivity index (χ0v) is 15.1. The molecule has 1 aromatic rings. The third kappa shape index (κ3) is 3.16. The molecule has 0 aliphatic carbocycles. The number of piperidine rings is 1. The van der Waals surface area contributed by atoms with Gasteiger partial charge in [-0.1, -0.05) is 13.8 Å². The van der Waals surface area contributed by atoms with Crippen LogP contribution in [0.2, 0.25) is 0 Å². The van der Waals surface area contributed by atoms with Gasteiger partial charge in [0.05, 0.1) is 17.6 Å². The third-order valence-corrected chi connectivity index (χ3v) is 6.45. The van der Waals surface area contributed by atoms with Gasteiger partial charge in [-0.15, -0.1) is 11.3 Å². The number of thiophene rings is 1. The van der Waals surface area contributed by atoms with Gasteiger partial charge in [0.1, 0.15) is 0 Å². The molecule has 0 bridgehead atoms. The van der Waals surface area contributed by atoms with Gasteiger partial charge < -0.3 is 9.80 Å². The van der Waals surface area contributed by atoms with E-state index in [2.05, 4.69) is 13.8 Å². The number of nitrogens with zero attached hydrogens (tertiary/aromatic N) is 2. The van der Waals surface area contributed by atoms with Crippen LogP contribution in [0.3, 0.4) is 0 Å². The van der Waals surface area contributed by atoms with Crippen molar-refractivity contribution in [2.75, 3.05) is 13.6 Å². The number of carbonyl (C=O) groups is 2. The van der Waals surface area contributed by atoms with Gasteiger partial charge in [-0.3, -0.25) is 9.59 Å². The van der Waals surface area contributed by atoms with Crippen molar-refractivity contribution in [3.8, 4) is 0 Å². The topological polar surface area (TPSA) is 40.6 Å².